The van der Waals surface area contributed by atoms with Gasteiger partial charge in [-0.05, 0) is 48.6 Å². The lowest BCUT2D eigenvalue weighted by Gasteiger charge is -2.39. The van der Waals surface area contributed by atoms with Crippen LogP contribution in [0.1, 0.15) is 71.8 Å². The van der Waals surface area contributed by atoms with Gasteiger partial charge in [0.15, 0.2) is 0 Å². The summed E-state index contributed by atoms with van der Waals surface area (Å²) in [5, 5.41) is 5.58. The highest BCUT2D eigenvalue weighted by molar-refractivity contribution is 7.09. The van der Waals surface area contributed by atoms with Crippen LogP contribution in [0, 0.1) is 0 Å². The van der Waals surface area contributed by atoms with Crippen LogP contribution in [0.5, 0.6) is 0 Å². The van der Waals surface area contributed by atoms with Crippen LogP contribution in [0.15, 0.2) is 90.3 Å². The first-order valence-electron chi connectivity index (χ1n) is 15.1. The van der Waals surface area contributed by atoms with Crippen LogP contribution in [-0.4, -0.2) is 63.8 Å². The van der Waals surface area contributed by atoms with E-state index in [-0.39, 0.29) is 24.0 Å². The van der Waals surface area contributed by atoms with E-state index >= 15 is 0 Å². The molecule has 1 aliphatic heterocycles. The molecule has 3 amide bonds. The maximum absolute atomic E-state index is 13.5. The summed E-state index contributed by atoms with van der Waals surface area (Å²) in [7, 11) is 0. The van der Waals surface area contributed by atoms with E-state index in [2.05, 4.69) is 77.6 Å². The third-order valence-corrected chi connectivity index (χ3v) is 8.82. The number of hydrogen-bond donors (Lipinski definition) is 1. The normalized spacial score (nSPS) is 14.0. The van der Waals surface area contributed by atoms with Gasteiger partial charge in [-0.25, -0.2) is 9.78 Å². The van der Waals surface area contributed by atoms with Crippen molar-refractivity contribution in [2.45, 2.75) is 52.2 Å². The molecular formula is C35H41N5O2S. The van der Waals surface area contributed by atoms with Gasteiger partial charge >= 0.3 is 6.03 Å². The summed E-state index contributed by atoms with van der Waals surface area (Å²) in [6.07, 6.45) is 0. The molecule has 1 fully saturated rings. The maximum atomic E-state index is 13.5. The molecule has 1 saturated heterocycles. The maximum Gasteiger partial charge on any atom is 0.322 e. The van der Waals surface area contributed by atoms with E-state index in [0.29, 0.717) is 31.2 Å². The van der Waals surface area contributed by atoms with Crippen LogP contribution < -0.4 is 5.32 Å². The molecule has 8 heteroatoms. The van der Waals surface area contributed by atoms with Gasteiger partial charge in [-0.3, -0.25) is 9.69 Å². The third kappa shape index (κ3) is 7.50. The summed E-state index contributed by atoms with van der Waals surface area (Å²) in [5.74, 6) is 0.381. The van der Waals surface area contributed by atoms with Crippen molar-refractivity contribution in [1.82, 2.24) is 19.7 Å². The molecule has 1 N–H and O–H groups in total. The fraction of sp³-hybridized carbons (Fsp3) is 0.343. The van der Waals surface area contributed by atoms with Gasteiger partial charge in [0.2, 0.25) is 0 Å². The van der Waals surface area contributed by atoms with Crippen LogP contribution in [0.25, 0.3) is 0 Å². The van der Waals surface area contributed by atoms with Crippen LogP contribution in [-0.2, 0) is 6.54 Å². The zero-order chi connectivity index (χ0) is 30.3. The van der Waals surface area contributed by atoms with E-state index < -0.39 is 0 Å². The van der Waals surface area contributed by atoms with Crippen molar-refractivity contribution in [3.05, 3.63) is 118 Å². The molecule has 0 atom stereocenters. The Kier molecular flexibility index (Phi) is 9.89. The van der Waals surface area contributed by atoms with Gasteiger partial charge in [0.25, 0.3) is 5.91 Å². The number of urea groups is 1. The molecule has 4 aromatic rings. The summed E-state index contributed by atoms with van der Waals surface area (Å²) in [6, 6.07) is 29.0. The number of rotatable bonds is 9. The molecule has 1 aliphatic rings. The lowest BCUT2D eigenvalue weighted by molar-refractivity contribution is 0.0592. The molecule has 7 nitrogen and oxygen atoms in total. The van der Waals surface area contributed by atoms with Gasteiger partial charge < -0.3 is 15.1 Å². The van der Waals surface area contributed by atoms with Gasteiger partial charge in [0.05, 0.1) is 12.6 Å². The predicted octanol–water partition coefficient (Wildman–Crippen LogP) is 7.26. The number of aromatic nitrogens is 1. The molecule has 0 saturated carbocycles. The third-order valence-electron chi connectivity index (χ3n) is 7.99. The van der Waals surface area contributed by atoms with Gasteiger partial charge in [-0.1, -0.05) is 86.6 Å². The SMILES string of the molecule is CC(C)c1ccc(NC(=O)N(Cc2nc(C(=O)N3CCN(C(c4ccccc4)c4ccccc4)CC3)cs2)C(C)C)cc1. The topological polar surface area (TPSA) is 68.8 Å². The Hall–Kier alpha value is -4.01. The number of anilines is 1. The van der Waals surface area contributed by atoms with Crippen molar-refractivity contribution in [3.8, 4) is 0 Å². The first kappa shape index (κ1) is 30.4. The van der Waals surface area contributed by atoms with Crippen LogP contribution in [0.2, 0.25) is 0 Å². The molecule has 5 rings (SSSR count). The van der Waals surface area contributed by atoms with Crippen molar-refractivity contribution in [1.29, 1.82) is 0 Å². The minimum atomic E-state index is -0.183. The average molecular weight is 596 g/mol. The Morgan fingerprint density at radius 1 is 0.814 bits per heavy atom. The van der Waals surface area contributed by atoms with Crippen LogP contribution >= 0.6 is 11.3 Å². The van der Waals surface area contributed by atoms with Crippen LogP contribution in [0.3, 0.4) is 0 Å². The van der Waals surface area contributed by atoms with E-state index in [9.17, 15) is 9.59 Å². The zero-order valence-electron chi connectivity index (χ0n) is 25.4. The monoisotopic (exact) mass is 595 g/mol. The Morgan fingerprint density at radius 2 is 1.40 bits per heavy atom. The number of carbonyl (C=O) groups excluding carboxylic acids is 2. The van der Waals surface area contributed by atoms with E-state index in [0.717, 1.165) is 23.8 Å². The number of piperazine rings is 1. The molecule has 0 spiro atoms. The van der Waals surface area contributed by atoms with E-state index in [1.165, 1.54) is 28.0 Å². The largest absolute Gasteiger partial charge is 0.335 e. The number of hydrogen-bond acceptors (Lipinski definition) is 5. The summed E-state index contributed by atoms with van der Waals surface area (Å²) in [6.45, 7) is 11.4. The highest BCUT2D eigenvalue weighted by Gasteiger charge is 2.29. The smallest absolute Gasteiger partial charge is 0.322 e. The van der Waals surface area contributed by atoms with E-state index in [4.69, 9.17) is 0 Å². The van der Waals surface area contributed by atoms with Crippen LogP contribution in [0.4, 0.5) is 10.5 Å². The minimum absolute atomic E-state index is 0.0340. The second-order valence-corrected chi connectivity index (χ2v) is 12.5. The number of thiazole rings is 1. The van der Waals surface area contributed by atoms with Gasteiger partial charge in [-0.2, -0.15) is 0 Å². The lowest BCUT2D eigenvalue weighted by Crippen LogP contribution is -2.50. The fourth-order valence-electron chi connectivity index (χ4n) is 5.49. The summed E-state index contributed by atoms with van der Waals surface area (Å²) in [5.41, 5.74) is 4.95. The lowest BCUT2D eigenvalue weighted by atomic mass is 9.96. The quantitative estimate of drug-likeness (QED) is 0.221. The number of carbonyl (C=O) groups is 2. The first-order chi connectivity index (χ1) is 20.8. The Balaban J connectivity index is 1.20. The molecule has 0 aliphatic carbocycles. The highest BCUT2D eigenvalue weighted by atomic mass is 32.1. The van der Waals surface area contributed by atoms with Crippen molar-refractivity contribution < 1.29 is 9.59 Å². The summed E-state index contributed by atoms with van der Waals surface area (Å²) in [4.78, 5) is 37.4. The molecule has 0 bridgehead atoms. The van der Waals surface area contributed by atoms with Gasteiger partial charge in [-0.15, -0.1) is 11.3 Å². The van der Waals surface area contributed by atoms with E-state index in [1.807, 2.05) is 60.5 Å². The Labute approximate surface area is 259 Å². The molecule has 43 heavy (non-hydrogen) atoms. The number of nitrogens with zero attached hydrogens (tertiary/aromatic N) is 4. The standard InChI is InChI=1S/C35H41N5O2S/c1-25(2)27-15-17-30(18-16-27)36-35(42)40(26(3)4)23-32-37-31(24-43-32)34(41)39-21-19-38(20-22-39)33(28-11-7-5-8-12-28)29-13-9-6-10-14-29/h5-18,24-26,33H,19-23H2,1-4H3,(H,36,42). The molecule has 3 aromatic carbocycles. The van der Waals surface area contributed by atoms with Crippen molar-refractivity contribution in [3.63, 3.8) is 0 Å². The van der Waals surface area contributed by atoms with Crippen molar-refractivity contribution >= 4 is 29.0 Å². The Bertz CT molecular complexity index is 1440. The molecule has 0 radical (unpaired) electrons. The molecular weight excluding hydrogens is 554 g/mol. The van der Waals surface area contributed by atoms with Crippen molar-refractivity contribution in [2.75, 3.05) is 31.5 Å². The summed E-state index contributed by atoms with van der Waals surface area (Å²) >= 11 is 1.43. The number of amides is 3. The minimum Gasteiger partial charge on any atom is -0.335 e. The molecule has 2 heterocycles. The first-order valence-corrected chi connectivity index (χ1v) is 15.9. The van der Waals surface area contributed by atoms with E-state index in [1.54, 1.807) is 4.90 Å². The Morgan fingerprint density at radius 3 is 1.93 bits per heavy atom. The molecule has 0 unspecified atom stereocenters. The average Bonchev–Trinajstić information content (AvgIpc) is 3.50. The number of benzene rings is 3. The number of nitrogens with one attached hydrogen (secondary N) is 1. The second kappa shape index (κ2) is 14.0. The van der Waals surface area contributed by atoms with Gasteiger partial charge in [0.1, 0.15) is 10.7 Å². The summed E-state index contributed by atoms with van der Waals surface area (Å²) < 4.78 is 0. The zero-order valence-corrected chi connectivity index (χ0v) is 26.3. The predicted molar refractivity (Wildman–Crippen MR) is 175 cm³/mol. The highest BCUT2D eigenvalue weighted by Crippen LogP contribution is 2.30. The molecule has 224 valence electrons. The molecule has 1 aromatic heterocycles. The van der Waals surface area contributed by atoms with Gasteiger partial charge in [0, 0.05) is 43.3 Å². The van der Waals surface area contributed by atoms with Crippen molar-refractivity contribution in [2.24, 2.45) is 0 Å². The second-order valence-electron chi connectivity index (χ2n) is 11.6. The fourth-order valence-corrected chi connectivity index (χ4v) is 6.26.